The summed E-state index contributed by atoms with van der Waals surface area (Å²) in [5, 5.41) is 2.73. The first-order valence-electron chi connectivity index (χ1n) is 5.05. The van der Waals surface area contributed by atoms with Crippen LogP contribution in [0.25, 0.3) is 11.0 Å². The van der Waals surface area contributed by atoms with E-state index in [1.54, 1.807) is 24.7 Å². The van der Waals surface area contributed by atoms with Gasteiger partial charge in [0.25, 0.3) is 0 Å². The second-order valence-corrected chi connectivity index (χ2v) is 3.73. The number of carbonyl (C=O) groups excluding carboxylic acids is 1. The summed E-state index contributed by atoms with van der Waals surface area (Å²) in [5.74, 6) is 0.295. The SMILES string of the molecule is CC(C)C(=O)Nc1nccc2nccnc12. The lowest BCUT2D eigenvalue weighted by Gasteiger charge is -2.07. The molecule has 0 aliphatic carbocycles. The van der Waals surface area contributed by atoms with Gasteiger partial charge in [-0.25, -0.2) is 9.97 Å². The fourth-order valence-corrected chi connectivity index (χ4v) is 1.25. The minimum Gasteiger partial charge on any atom is -0.309 e. The zero-order valence-corrected chi connectivity index (χ0v) is 9.14. The Morgan fingerprint density at radius 2 is 1.94 bits per heavy atom. The van der Waals surface area contributed by atoms with Crippen molar-refractivity contribution in [2.45, 2.75) is 13.8 Å². The molecule has 5 heteroatoms. The Kier molecular flexibility index (Phi) is 2.76. The van der Waals surface area contributed by atoms with Crippen LogP contribution >= 0.6 is 0 Å². The number of hydrogen-bond donors (Lipinski definition) is 1. The van der Waals surface area contributed by atoms with Gasteiger partial charge in [-0.05, 0) is 6.07 Å². The lowest BCUT2D eigenvalue weighted by atomic mass is 10.2. The molecule has 0 saturated carbocycles. The Hall–Kier alpha value is -2.04. The summed E-state index contributed by atoms with van der Waals surface area (Å²) < 4.78 is 0. The highest BCUT2D eigenvalue weighted by Gasteiger charge is 2.10. The van der Waals surface area contributed by atoms with Crippen LogP contribution in [0.15, 0.2) is 24.7 Å². The summed E-state index contributed by atoms with van der Waals surface area (Å²) in [6.45, 7) is 3.65. The fourth-order valence-electron chi connectivity index (χ4n) is 1.25. The molecule has 0 atom stereocenters. The highest BCUT2D eigenvalue weighted by atomic mass is 16.1. The first-order chi connectivity index (χ1) is 7.68. The lowest BCUT2D eigenvalue weighted by molar-refractivity contribution is -0.118. The second kappa shape index (κ2) is 4.22. The third-order valence-electron chi connectivity index (χ3n) is 2.15. The molecule has 1 amide bonds. The molecule has 2 aromatic rings. The summed E-state index contributed by atoms with van der Waals surface area (Å²) in [6, 6.07) is 1.76. The van der Waals surface area contributed by atoms with Gasteiger partial charge >= 0.3 is 0 Å². The number of fused-ring (bicyclic) bond motifs is 1. The third kappa shape index (κ3) is 1.98. The quantitative estimate of drug-likeness (QED) is 0.828. The number of carbonyl (C=O) groups is 1. The molecular formula is C11H12N4O. The molecule has 2 heterocycles. The molecule has 0 aromatic carbocycles. The first kappa shape index (κ1) is 10.5. The van der Waals surface area contributed by atoms with Crippen LogP contribution in [0.4, 0.5) is 5.82 Å². The summed E-state index contributed by atoms with van der Waals surface area (Å²) >= 11 is 0. The smallest absolute Gasteiger partial charge is 0.228 e. The number of nitrogens with zero attached hydrogens (tertiary/aromatic N) is 3. The minimum absolute atomic E-state index is 0.0781. The fraction of sp³-hybridized carbons (Fsp3) is 0.273. The van der Waals surface area contributed by atoms with E-state index in [1.807, 2.05) is 13.8 Å². The van der Waals surface area contributed by atoms with Crippen LogP contribution < -0.4 is 5.32 Å². The Morgan fingerprint density at radius 1 is 1.19 bits per heavy atom. The zero-order chi connectivity index (χ0) is 11.5. The van der Waals surface area contributed by atoms with Gasteiger partial charge in [-0.2, -0.15) is 0 Å². The van der Waals surface area contributed by atoms with Crippen molar-refractivity contribution in [3.05, 3.63) is 24.7 Å². The van der Waals surface area contributed by atoms with Crippen molar-refractivity contribution in [1.82, 2.24) is 15.0 Å². The van der Waals surface area contributed by atoms with Crippen LogP contribution in [0, 0.1) is 5.92 Å². The van der Waals surface area contributed by atoms with Gasteiger partial charge in [0.2, 0.25) is 5.91 Å². The molecule has 2 aromatic heterocycles. The predicted octanol–water partition coefficient (Wildman–Crippen LogP) is 1.62. The molecule has 82 valence electrons. The number of hydrogen-bond acceptors (Lipinski definition) is 4. The summed E-state index contributed by atoms with van der Waals surface area (Å²) in [6.07, 6.45) is 4.79. The van der Waals surface area contributed by atoms with E-state index in [9.17, 15) is 4.79 Å². The number of anilines is 1. The van der Waals surface area contributed by atoms with E-state index in [2.05, 4.69) is 20.3 Å². The van der Waals surface area contributed by atoms with E-state index >= 15 is 0 Å². The molecule has 0 fully saturated rings. The maximum Gasteiger partial charge on any atom is 0.228 e. The van der Waals surface area contributed by atoms with E-state index < -0.39 is 0 Å². The molecular weight excluding hydrogens is 204 g/mol. The van der Waals surface area contributed by atoms with Crippen LogP contribution in [-0.4, -0.2) is 20.9 Å². The number of pyridine rings is 1. The largest absolute Gasteiger partial charge is 0.309 e. The Morgan fingerprint density at radius 3 is 2.69 bits per heavy atom. The van der Waals surface area contributed by atoms with Gasteiger partial charge in [0, 0.05) is 24.5 Å². The number of aromatic nitrogens is 3. The molecule has 0 unspecified atom stereocenters. The van der Waals surface area contributed by atoms with Crippen LogP contribution in [0.5, 0.6) is 0 Å². The topological polar surface area (TPSA) is 67.8 Å². The van der Waals surface area contributed by atoms with E-state index in [0.29, 0.717) is 11.3 Å². The average molecular weight is 216 g/mol. The van der Waals surface area contributed by atoms with Crippen LogP contribution in [0.2, 0.25) is 0 Å². The maximum atomic E-state index is 11.6. The molecule has 0 spiro atoms. The van der Waals surface area contributed by atoms with Crippen LogP contribution in [0.3, 0.4) is 0 Å². The average Bonchev–Trinajstić information content (AvgIpc) is 2.29. The third-order valence-corrected chi connectivity index (χ3v) is 2.15. The maximum absolute atomic E-state index is 11.6. The first-order valence-corrected chi connectivity index (χ1v) is 5.05. The van der Waals surface area contributed by atoms with E-state index in [4.69, 9.17) is 0 Å². The Labute approximate surface area is 92.9 Å². The van der Waals surface area contributed by atoms with Crippen molar-refractivity contribution < 1.29 is 4.79 Å². The molecule has 0 aliphatic heterocycles. The van der Waals surface area contributed by atoms with E-state index in [1.165, 1.54) is 0 Å². The minimum atomic E-state index is -0.0891. The van der Waals surface area contributed by atoms with Gasteiger partial charge in [-0.15, -0.1) is 0 Å². The van der Waals surface area contributed by atoms with Gasteiger partial charge < -0.3 is 5.32 Å². The monoisotopic (exact) mass is 216 g/mol. The summed E-state index contributed by atoms with van der Waals surface area (Å²) in [5.41, 5.74) is 1.33. The molecule has 5 nitrogen and oxygen atoms in total. The van der Waals surface area contributed by atoms with Crippen molar-refractivity contribution >= 4 is 22.8 Å². The zero-order valence-electron chi connectivity index (χ0n) is 9.14. The normalized spacial score (nSPS) is 10.7. The van der Waals surface area contributed by atoms with Crippen LogP contribution in [0.1, 0.15) is 13.8 Å². The summed E-state index contributed by atoms with van der Waals surface area (Å²) in [4.78, 5) is 23.9. The molecule has 0 aliphatic rings. The van der Waals surface area contributed by atoms with Crippen molar-refractivity contribution in [2.75, 3.05) is 5.32 Å². The molecule has 0 bridgehead atoms. The molecule has 0 saturated heterocycles. The van der Waals surface area contributed by atoms with Gasteiger partial charge in [0.15, 0.2) is 5.82 Å². The van der Waals surface area contributed by atoms with Gasteiger partial charge in [-0.1, -0.05) is 13.8 Å². The highest BCUT2D eigenvalue weighted by molar-refractivity contribution is 5.98. The van der Waals surface area contributed by atoms with Gasteiger partial charge in [-0.3, -0.25) is 9.78 Å². The van der Waals surface area contributed by atoms with Gasteiger partial charge in [0.1, 0.15) is 5.52 Å². The molecule has 0 radical (unpaired) electrons. The number of nitrogens with one attached hydrogen (secondary N) is 1. The Balaban J connectivity index is 2.41. The molecule has 1 N–H and O–H groups in total. The number of rotatable bonds is 2. The second-order valence-electron chi connectivity index (χ2n) is 3.73. The van der Waals surface area contributed by atoms with Crippen LogP contribution in [-0.2, 0) is 4.79 Å². The van der Waals surface area contributed by atoms with Crippen molar-refractivity contribution in [2.24, 2.45) is 5.92 Å². The predicted molar refractivity (Wildman–Crippen MR) is 60.8 cm³/mol. The van der Waals surface area contributed by atoms with E-state index in [-0.39, 0.29) is 11.8 Å². The van der Waals surface area contributed by atoms with Gasteiger partial charge in [0.05, 0.1) is 5.52 Å². The standard InChI is InChI=1S/C11H12N4O/c1-7(2)11(16)15-10-9-8(3-4-14-10)12-5-6-13-9/h3-7H,1-2H3,(H,14,15,16). The lowest BCUT2D eigenvalue weighted by Crippen LogP contribution is -2.18. The summed E-state index contributed by atoms with van der Waals surface area (Å²) in [7, 11) is 0. The number of amides is 1. The van der Waals surface area contributed by atoms with Crippen molar-refractivity contribution in [3.63, 3.8) is 0 Å². The van der Waals surface area contributed by atoms with E-state index in [0.717, 1.165) is 5.52 Å². The molecule has 16 heavy (non-hydrogen) atoms. The van der Waals surface area contributed by atoms with Crippen molar-refractivity contribution in [3.8, 4) is 0 Å². The molecule has 2 rings (SSSR count). The highest BCUT2D eigenvalue weighted by Crippen LogP contribution is 2.16. The Bertz CT molecular complexity index is 519. The van der Waals surface area contributed by atoms with Crippen molar-refractivity contribution in [1.29, 1.82) is 0 Å².